The van der Waals surface area contributed by atoms with Crippen LogP contribution in [0.2, 0.25) is 0 Å². The molecule has 0 aromatic heterocycles. The van der Waals surface area contributed by atoms with Gasteiger partial charge in [0, 0.05) is 32.0 Å². The number of allylic oxidation sites excluding steroid dienone is 1. The van der Waals surface area contributed by atoms with Gasteiger partial charge in [-0.1, -0.05) is 13.8 Å². The number of alkyl halides is 2. The van der Waals surface area contributed by atoms with Gasteiger partial charge in [0.2, 0.25) is 6.41 Å². The lowest BCUT2D eigenvalue weighted by Crippen LogP contribution is -2.39. The number of aliphatic imine (C=N–C) groups is 1. The van der Waals surface area contributed by atoms with Crippen LogP contribution in [0, 0.1) is 11.8 Å². The summed E-state index contributed by atoms with van der Waals surface area (Å²) in [6.07, 6.45) is 3.53. The molecule has 20 heavy (non-hydrogen) atoms. The predicted octanol–water partition coefficient (Wildman–Crippen LogP) is 2.09. The number of amides is 1. The molecule has 0 saturated heterocycles. The van der Waals surface area contributed by atoms with E-state index in [1.807, 2.05) is 13.8 Å². The summed E-state index contributed by atoms with van der Waals surface area (Å²) in [4.78, 5) is 15.6. The van der Waals surface area contributed by atoms with Crippen LogP contribution in [0.15, 0.2) is 17.3 Å². The fourth-order valence-corrected chi connectivity index (χ4v) is 2.44. The molecule has 0 aliphatic heterocycles. The maximum atomic E-state index is 13.9. The zero-order valence-electron chi connectivity index (χ0n) is 12.1. The number of aliphatic hydroxyl groups excluding tert-OH is 1. The van der Waals surface area contributed by atoms with E-state index in [2.05, 4.69) is 4.99 Å². The van der Waals surface area contributed by atoms with Gasteiger partial charge >= 0.3 is 0 Å². The van der Waals surface area contributed by atoms with Crippen LogP contribution >= 0.6 is 0 Å². The number of rotatable bonds is 6. The molecule has 6 heteroatoms. The molecule has 0 spiro atoms. The third kappa shape index (κ3) is 4.10. The molecule has 1 amide bonds. The average Bonchev–Trinajstić information content (AvgIpc) is 2.69. The zero-order chi connectivity index (χ0) is 15.3. The lowest BCUT2D eigenvalue weighted by Gasteiger charge is -2.28. The molecule has 1 aliphatic carbocycles. The smallest absolute Gasteiger partial charge is 0.268 e. The lowest BCUT2D eigenvalue weighted by atomic mass is 10.1. The number of hydrogen-bond acceptors (Lipinski definition) is 3. The van der Waals surface area contributed by atoms with Gasteiger partial charge in [0.1, 0.15) is 0 Å². The molecule has 1 saturated carbocycles. The third-order valence-electron chi connectivity index (χ3n) is 3.63. The number of hydrogen-bond donors (Lipinski definition) is 1. The van der Waals surface area contributed by atoms with Crippen molar-refractivity contribution in [2.24, 2.45) is 16.8 Å². The van der Waals surface area contributed by atoms with E-state index in [1.54, 1.807) is 13.1 Å². The standard InChI is InChI=1S/C14H22F2N2O2/c1-10(2)12(17-9-20)4-5-18(3)13-6-11(8-19)7-14(13,15)16/h4-5,9-11,13,19H,6-8H2,1-3H3/b5-4-,17-12?. The minimum absolute atomic E-state index is 0.0409. The number of nitrogens with zero attached hydrogens (tertiary/aromatic N) is 2. The second-order valence-corrected chi connectivity index (χ2v) is 5.56. The molecule has 1 aliphatic rings. The molecule has 1 N–H and O–H groups in total. The van der Waals surface area contributed by atoms with Crippen LogP contribution in [0.25, 0.3) is 0 Å². The summed E-state index contributed by atoms with van der Waals surface area (Å²) < 4.78 is 27.7. The Bertz CT molecular complexity index is 395. The van der Waals surface area contributed by atoms with Gasteiger partial charge in [-0.2, -0.15) is 0 Å². The number of halogens is 2. The van der Waals surface area contributed by atoms with Crippen LogP contribution in [0.5, 0.6) is 0 Å². The number of carbonyl (C=O) groups excluding carboxylic acids is 1. The normalized spacial score (nSPS) is 26.4. The van der Waals surface area contributed by atoms with E-state index in [0.29, 0.717) is 12.1 Å². The van der Waals surface area contributed by atoms with Gasteiger partial charge in [-0.3, -0.25) is 4.79 Å². The lowest BCUT2D eigenvalue weighted by molar-refractivity contribution is -0.106. The van der Waals surface area contributed by atoms with Crippen molar-refractivity contribution in [2.75, 3.05) is 13.7 Å². The van der Waals surface area contributed by atoms with Gasteiger partial charge in [0.25, 0.3) is 5.92 Å². The van der Waals surface area contributed by atoms with Gasteiger partial charge < -0.3 is 10.0 Å². The van der Waals surface area contributed by atoms with Gasteiger partial charge in [-0.25, -0.2) is 13.8 Å². The van der Waals surface area contributed by atoms with Gasteiger partial charge in [0.15, 0.2) is 0 Å². The number of aliphatic hydroxyl groups is 1. The minimum atomic E-state index is -2.81. The molecule has 0 heterocycles. The SMILES string of the molecule is CC(C)C(/C=C\N(C)C1CC(CO)CC1(F)F)=NC=O. The number of carbonyl (C=O) groups is 1. The highest BCUT2D eigenvalue weighted by Crippen LogP contribution is 2.41. The van der Waals surface area contributed by atoms with E-state index < -0.39 is 12.0 Å². The van der Waals surface area contributed by atoms with Gasteiger partial charge in [-0.15, -0.1) is 0 Å². The van der Waals surface area contributed by atoms with Crippen LogP contribution in [0.4, 0.5) is 8.78 Å². The maximum Gasteiger partial charge on any atom is 0.268 e. The molecule has 2 unspecified atom stereocenters. The predicted molar refractivity (Wildman–Crippen MR) is 73.8 cm³/mol. The first-order valence-corrected chi connectivity index (χ1v) is 6.72. The summed E-state index contributed by atoms with van der Waals surface area (Å²) in [6, 6.07) is -0.930. The van der Waals surface area contributed by atoms with Crippen molar-refractivity contribution in [1.82, 2.24) is 4.90 Å². The summed E-state index contributed by atoms with van der Waals surface area (Å²) in [5, 5.41) is 9.03. The molecule has 2 atom stereocenters. The highest BCUT2D eigenvalue weighted by molar-refractivity contribution is 5.99. The fraction of sp³-hybridized carbons (Fsp3) is 0.714. The Morgan fingerprint density at radius 1 is 1.55 bits per heavy atom. The van der Waals surface area contributed by atoms with Crippen molar-refractivity contribution in [2.45, 2.75) is 38.7 Å². The molecule has 114 valence electrons. The van der Waals surface area contributed by atoms with E-state index in [1.165, 1.54) is 11.1 Å². The summed E-state index contributed by atoms with van der Waals surface area (Å²) in [6.45, 7) is 3.53. The highest BCUT2D eigenvalue weighted by atomic mass is 19.3. The maximum absolute atomic E-state index is 13.9. The van der Waals surface area contributed by atoms with Crippen LogP contribution in [0.3, 0.4) is 0 Å². The van der Waals surface area contributed by atoms with Gasteiger partial charge in [-0.05, 0) is 24.3 Å². The second kappa shape index (κ2) is 6.92. The summed E-state index contributed by atoms with van der Waals surface area (Å²) in [7, 11) is 1.58. The Morgan fingerprint density at radius 2 is 2.20 bits per heavy atom. The third-order valence-corrected chi connectivity index (χ3v) is 3.63. The van der Waals surface area contributed by atoms with E-state index in [9.17, 15) is 13.6 Å². The summed E-state index contributed by atoms with van der Waals surface area (Å²) >= 11 is 0. The highest BCUT2D eigenvalue weighted by Gasteiger charge is 2.49. The average molecular weight is 288 g/mol. The quantitative estimate of drug-likeness (QED) is 0.601. The molecule has 0 aromatic rings. The first-order chi connectivity index (χ1) is 9.31. The molecule has 1 rings (SSSR count). The van der Waals surface area contributed by atoms with Crippen LogP contribution in [-0.2, 0) is 4.79 Å². The first kappa shape index (κ1) is 16.8. The molecular formula is C14H22F2N2O2. The topological polar surface area (TPSA) is 52.9 Å². The van der Waals surface area contributed by atoms with Crippen molar-refractivity contribution in [1.29, 1.82) is 0 Å². The molecule has 0 bridgehead atoms. The van der Waals surface area contributed by atoms with E-state index in [-0.39, 0.29) is 31.3 Å². The van der Waals surface area contributed by atoms with Crippen LogP contribution in [-0.4, -0.2) is 47.7 Å². The molecule has 0 aromatic carbocycles. The van der Waals surface area contributed by atoms with Crippen molar-refractivity contribution in [3.63, 3.8) is 0 Å². The van der Waals surface area contributed by atoms with Crippen LogP contribution < -0.4 is 0 Å². The zero-order valence-corrected chi connectivity index (χ0v) is 12.1. The Morgan fingerprint density at radius 3 is 2.65 bits per heavy atom. The van der Waals surface area contributed by atoms with Crippen molar-refractivity contribution >= 4 is 12.1 Å². The van der Waals surface area contributed by atoms with Crippen molar-refractivity contribution in [3.8, 4) is 0 Å². The minimum Gasteiger partial charge on any atom is -0.396 e. The van der Waals surface area contributed by atoms with Crippen molar-refractivity contribution in [3.05, 3.63) is 12.3 Å². The second-order valence-electron chi connectivity index (χ2n) is 5.56. The van der Waals surface area contributed by atoms with Crippen molar-refractivity contribution < 1.29 is 18.7 Å². The summed E-state index contributed by atoms with van der Waals surface area (Å²) in [5.74, 6) is -3.13. The largest absolute Gasteiger partial charge is 0.396 e. The van der Waals surface area contributed by atoms with E-state index in [0.717, 1.165) is 0 Å². The molecule has 0 radical (unpaired) electrons. The Balaban J connectivity index is 2.77. The molecule has 1 fully saturated rings. The molecular weight excluding hydrogens is 266 g/mol. The molecule has 4 nitrogen and oxygen atoms in total. The Labute approximate surface area is 118 Å². The van der Waals surface area contributed by atoms with Crippen LogP contribution in [0.1, 0.15) is 26.7 Å². The Kier molecular flexibility index (Phi) is 5.80. The summed E-state index contributed by atoms with van der Waals surface area (Å²) in [5.41, 5.74) is 0.548. The monoisotopic (exact) mass is 288 g/mol. The Hall–Kier alpha value is -1.30. The van der Waals surface area contributed by atoms with E-state index in [4.69, 9.17) is 5.11 Å². The van der Waals surface area contributed by atoms with Gasteiger partial charge in [0.05, 0.1) is 6.04 Å². The fourth-order valence-electron chi connectivity index (χ4n) is 2.44. The van der Waals surface area contributed by atoms with E-state index >= 15 is 0 Å². The first-order valence-electron chi connectivity index (χ1n) is 6.72.